The number of ether oxygens (including phenoxy) is 2. The van der Waals surface area contributed by atoms with Crippen molar-refractivity contribution in [2.45, 2.75) is 302 Å². The minimum absolute atomic E-state index is 0.0337. The highest BCUT2D eigenvalue weighted by Gasteiger charge is 2.27. The van der Waals surface area contributed by atoms with E-state index in [4.69, 9.17) is 18.5 Å². The van der Waals surface area contributed by atoms with Crippen LogP contribution in [0.4, 0.5) is 0 Å². The highest BCUT2D eigenvalue weighted by Crippen LogP contribution is 2.43. The van der Waals surface area contributed by atoms with Gasteiger partial charge in [0, 0.05) is 12.8 Å². The lowest BCUT2D eigenvalue weighted by atomic mass is 10.0. The molecule has 10 heteroatoms. The van der Waals surface area contributed by atoms with Gasteiger partial charge in [0.15, 0.2) is 6.10 Å². The van der Waals surface area contributed by atoms with Crippen molar-refractivity contribution in [3.05, 3.63) is 12.2 Å². The van der Waals surface area contributed by atoms with Gasteiger partial charge in [0.25, 0.3) is 0 Å². The normalized spacial score (nSPS) is 13.3. The van der Waals surface area contributed by atoms with E-state index < -0.39 is 26.5 Å². The third-order valence-corrected chi connectivity index (χ3v) is 14.3. The lowest BCUT2D eigenvalue weighted by Gasteiger charge is -2.24. The fourth-order valence-electron chi connectivity index (χ4n) is 8.72. The number of phosphoric acid groups is 1. The zero-order chi connectivity index (χ0) is 49.9. The quantitative estimate of drug-likeness (QED) is 0.0211. The highest BCUT2D eigenvalue weighted by atomic mass is 31.2. The molecule has 0 bridgehead atoms. The fraction of sp³-hybridized carbons (Fsp3) is 0.931. The van der Waals surface area contributed by atoms with E-state index >= 15 is 0 Å². The smallest absolute Gasteiger partial charge is 0.462 e. The minimum Gasteiger partial charge on any atom is -0.462 e. The third kappa shape index (κ3) is 54.1. The van der Waals surface area contributed by atoms with Gasteiger partial charge >= 0.3 is 19.8 Å². The van der Waals surface area contributed by atoms with Gasteiger partial charge in [-0.15, -0.1) is 0 Å². The molecule has 0 radical (unpaired) electrons. The summed E-state index contributed by atoms with van der Waals surface area (Å²) in [4.78, 5) is 35.6. The van der Waals surface area contributed by atoms with Gasteiger partial charge in [-0.25, -0.2) is 4.57 Å². The Labute approximate surface area is 422 Å². The van der Waals surface area contributed by atoms with Crippen LogP contribution in [0.3, 0.4) is 0 Å². The third-order valence-electron chi connectivity index (χ3n) is 13.3. The summed E-state index contributed by atoms with van der Waals surface area (Å²) in [5, 5.41) is 0. The maximum Gasteiger partial charge on any atom is 0.472 e. The Kier molecular flexibility index (Phi) is 49.8. The molecule has 2 unspecified atom stereocenters. The van der Waals surface area contributed by atoms with Crippen molar-refractivity contribution < 1.29 is 42.1 Å². The molecule has 0 aromatic heterocycles. The summed E-state index contributed by atoms with van der Waals surface area (Å²) in [5.41, 5.74) is 0. The summed E-state index contributed by atoms with van der Waals surface area (Å²) in [6.45, 7) is 4.47. The molecule has 9 nitrogen and oxygen atoms in total. The van der Waals surface area contributed by atoms with Gasteiger partial charge in [-0.3, -0.25) is 18.6 Å². The van der Waals surface area contributed by atoms with E-state index in [0.717, 1.165) is 51.4 Å². The van der Waals surface area contributed by atoms with Crippen molar-refractivity contribution in [1.29, 1.82) is 0 Å². The number of carbonyl (C=O) groups is 2. The number of nitrogens with zero attached hydrogens (tertiary/aromatic N) is 1. The fourth-order valence-corrected chi connectivity index (χ4v) is 9.46. The molecule has 0 aliphatic heterocycles. The Morgan fingerprint density at radius 1 is 0.441 bits per heavy atom. The first-order valence-corrected chi connectivity index (χ1v) is 30.9. The van der Waals surface area contributed by atoms with Crippen LogP contribution in [0.25, 0.3) is 0 Å². The van der Waals surface area contributed by atoms with Crippen LogP contribution in [0.15, 0.2) is 12.2 Å². The average molecular weight is 986 g/mol. The highest BCUT2D eigenvalue weighted by molar-refractivity contribution is 7.47. The number of carbonyl (C=O) groups excluding carboxylic acids is 2. The van der Waals surface area contributed by atoms with Gasteiger partial charge < -0.3 is 18.9 Å². The summed E-state index contributed by atoms with van der Waals surface area (Å²) < 4.78 is 34.5. The largest absolute Gasteiger partial charge is 0.472 e. The van der Waals surface area contributed by atoms with E-state index in [1.807, 2.05) is 21.1 Å². The van der Waals surface area contributed by atoms with E-state index in [0.29, 0.717) is 23.9 Å². The van der Waals surface area contributed by atoms with Crippen molar-refractivity contribution in [2.75, 3.05) is 47.5 Å². The molecular weight excluding hydrogens is 870 g/mol. The Hall–Kier alpha value is -1.25. The van der Waals surface area contributed by atoms with Crippen LogP contribution in [0, 0.1) is 0 Å². The lowest BCUT2D eigenvalue weighted by molar-refractivity contribution is -0.870. The molecular formula is C58H115NO8P+. The maximum absolute atomic E-state index is 12.8. The predicted octanol–water partition coefficient (Wildman–Crippen LogP) is 18.0. The molecule has 0 aliphatic carbocycles. The number of hydrogen-bond acceptors (Lipinski definition) is 7. The number of rotatable bonds is 55. The summed E-state index contributed by atoms with van der Waals surface area (Å²) in [6, 6.07) is 0. The van der Waals surface area contributed by atoms with Gasteiger partial charge in [0.2, 0.25) is 0 Å². The number of phosphoric ester groups is 1. The second-order valence-corrected chi connectivity index (χ2v) is 22.8. The van der Waals surface area contributed by atoms with E-state index in [-0.39, 0.29) is 25.6 Å². The van der Waals surface area contributed by atoms with E-state index in [1.165, 1.54) is 212 Å². The van der Waals surface area contributed by atoms with Crippen LogP contribution in [0.1, 0.15) is 296 Å². The molecule has 1 N–H and O–H groups in total. The van der Waals surface area contributed by atoms with Gasteiger partial charge in [-0.2, -0.15) is 0 Å². The molecule has 404 valence electrons. The van der Waals surface area contributed by atoms with Crippen LogP contribution in [0.5, 0.6) is 0 Å². The molecule has 0 aromatic rings. The molecule has 2 atom stereocenters. The first kappa shape index (κ1) is 66.8. The zero-order valence-electron chi connectivity index (χ0n) is 45.9. The monoisotopic (exact) mass is 985 g/mol. The summed E-state index contributed by atoms with van der Waals surface area (Å²) in [7, 11) is 1.49. The molecule has 68 heavy (non-hydrogen) atoms. The van der Waals surface area contributed by atoms with Gasteiger partial charge in [0.05, 0.1) is 27.7 Å². The number of hydrogen-bond donors (Lipinski definition) is 1. The maximum atomic E-state index is 12.8. The lowest BCUT2D eigenvalue weighted by Crippen LogP contribution is -2.37. The summed E-state index contributed by atoms with van der Waals surface area (Å²) >= 11 is 0. The van der Waals surface area contributed by atoms with E-state index in [2.05, 4.69) is 26.0 Å². The molecule has 0 aliphatic rings. The molecule has 0 heterocycles. The van der Waals surface area contributed by atoms with Crippen molar-refractivity contribution in [1.82, 2.24) is 0 Å². The Bertz CT molecular complexity index is 1160. The molecule has 0 spiro atoms. The van der Waals surface area contributed by atoms with Gasteiger partial charge in [-0.05, 0) is 38.5 Å². The Morgan fingerprint density at radius 3 is 1.09 bits per heavy atom. The van der Waals surface area contributed by atoms with Crippen LogP contribution in [-0.4, -0.2) is 74.9 Å². The van der Waals surface area contributed by atoms with Gasteiger partial charge in [0.1, 0.15) is 19.8 Å². The topological polar surface area (TPSA) is 108 Å². The van der Waals surface area contributed by atoms with Crippen LogP contribution in [0.2, 0.25) is 0 Å². The second-order valence-electron chi connectivity index (χ2n) is 21.4. The number of allylic oxidation sites excluding steroid dienone is 2. The Morgan fingerprint density at radius 2 is 0.750 bits per heavy atom. The SMILES string of the molecule is CCCCCCCCC/C=C\CCCCCCCC(=O)OC(COC(=O)CCCCCCCCCCCCCCCCCCCCCCCCCCCCCC)COP(=O)(O)OCC[N+](C)(C)C. The van der Waals surface area contributed by atoms with Crippen LogP contribution in [-0.2, 0) is 32.7 Å². The molecule has 0 rings (SSSR count). The number of quaternary nitrogens is 1. The first-order valence-electron chi connectivity index (χ1n) is 29.4. The molecule has 0 aromatic carbocycles. The van der Waals surface area contributed by atoms with Crippen molar-refractivity contribution >= 4 is 19.8 Å². The summed E-state index contributed by atoms with van der Waals surface area (Å²) in [6.07, 6.45) is 58.6. The first-order chi connectivity index (χ1) is 33.0. The van der Waals surface area contributed by atoms with E-state index in [9.17, 15) is 19.0 Å². The molecule has 0 fully saturated rings. The zero-order valence-corrected chi connectivity index (χ0v) is 46.8. The van der Waals surface area contributed by atoms with Crippen molar-refractivity contribution in [3.63, 3.8) is 0 Å². The standard InChI is InChI=1S/C58H114NO8P/c1-6-8-10-12-14-16-18-20-22-24-25-26-27-28-29-30-31-32-33-34-35-37-38-40-42-44-46-48-50-57(60)64-54-56(55-66-68(62,63)65-53-52-59(3,4)5)67-58(61)51-49-47-45-43-41-39-36-23-21-19-17-15-13-11-9-7-2/h23,36,56H,6-22,24-35,37-55H2,1-5H3/p+1/b36-23-. The molecule has 0 amide bonds. The Balaban J connectivity index is 4.04. The van der Waals surface area contributed by atoms with Crippen molar-refractivity contribution in [2.24, 2.45) is 0 Å². The van der Waals surface area contributed by atoms with Crippen molar-refractivity contribution in [3.8, 4) is 0 Å². The molecule has 0 saturated heterocycles. The van der Waals surface area contributed by atoms with Crippen LogP contribution < -0.4 is 0 Å². The van der Waals surface area contributed by atoms with E-state index in [1.54, 1.807) is 0 Å². The minimum atomic E-state index is -4.38. The average Bonchev–Trinajstić information content (AvgIpc) is 3.30. The van der Waals surface area contributed by atoms with Gasteiger partial charge in [-0.1, -0.05) is 257 Å². The number of likely N-dealkylation sites (N-methyl/N-ethyl adjacent to an activating group) is 1. The van der Waals surface area contributed by atoms with Crippen LogP contribution >= 0.6 is 7.82 Å². The second kappa shape index (κ2) is 50.7. The number of esters is 2. The molecule has 0 saturated carbocycles. The summed E-state index contributed by atoms with van der Waals surface area (Å²) in [5.74, 6) is -0.790. The number of unbranched alkanes of at least 4 members (excludes halogenated alkanes) is 39. The predicted molar refractivity (Wildman–Crippen MR) is 289 cm³/mol.